The maximum atomic E-state index is 12.6. The summed E-state index contributed by atoms with van der Waals surface area (Å²) in [5, 5.41) is 12.6. The van der Waals surface area contributed by atoms with Crippen LogP contribution < -0.4 is 10.1 Å². The van der Waals surface area contributed by atoms with Crippen molar-refractivity contribution in [3.8, 4) is 17.1 Å². The molecule has 0 bridgehead atoms. The van der Waals surface area contributed by atoms with Crippen molar-refractivity contribution < 1.29 is 9.53 Å². The molecule has 0 radical (unpaired) electrons. The van der Waals surface area contributed by atoms with E-state index >= 15 is 0 Å². The molecular formula is C21H30N4O2S. The molecule has 1 aliphatic rings. The van der Waals surface area contributed by atoms with Gasteiger partial charge in [-0.25, -0.2) is 0 Å². The van der Waals surface area contributed by atoms with Crippen LogP contribution in [0, 0.1) is 5.92 Å². The maximum Gasteiger partial charge on any atom is 0.233 e. The second-order valence-corrected chi connectivity index (χ2v) is 9.10. The standard InChI is InChI=1S/C21H30N4O2S/c1-14(2)13-25-19(16-9-11-18(27-4)12-10-16)23-24-21(25)28-15(3)20(26)22-17-7-5-6-8-17/h9-12,14-15,17H,5-8,13H2,1-4H3,(H,22,26)/t15-/m1/s1. The van der Waals surface area contributed by atoms with Gasteiger partial charge in [0.25, 0.3) is 0 Å². The average Bonchev–Trinajstić information content (AvgIpc) is 3.32. The number of benzene rings is 1. The molecule has 1 saturated carbocycles. The van der Waals surface area contributed by atoms with Crippen LogP contribution in [-0.4, -0.2) is 39.1 Å². The Balaban J connectivity index is 1.77. The number of thioether (sulfide) groups is 1. The minimum atomic E-state index is -0.209. The Kier molecular flexibility index (Phi) is 6.99. The molecule has 1 heterocycles. The number of nitrogens with one attached hydrogen (secondary N) is 1. The number of hydrogen-bond acceptors (Lipinski definition) is 5. The maximum absolute atomic E-state index is 12.6. The van der Waals surface area contributed by atoms with Crippen LogP contribution >= 0.6 is 11.8 Å². The molecule has 152 valence electrons. The Morgan fingerprint density at radius 3 is 2.50 bits per heavy atom. The molecule has 28 heavy (non-hydrogen) atoms. The molecule has 0 unspecified atom stereocenters. The van der Waals surface area contributed by atoms with E-state index in [2.05, 4.69) is 33.9 Å². The zero-order chi connectivity index (χ0) is 20.1. The highest BCUT2D eigenvalue weighted by molar-refractivity contribution is 8.00. The summed E-state index contributed by atoms with van der Waals surface area (Å²) in [7, 11) is 1.66. The first-order valence-corrected chi connectivity index (χ1v) is 10.9. The summed E-state index contributed by atoms with van der Waals surface area (Å²) < 4.78 is 7.37. The van der Waals surface area contributed by atoms with Crippen LogP contribution in [0.2, 0.25) is 0 Å². The Morgan fingerprint density at radius 2 is 1.89 bits per heavy atom. The van der Waals surface area contributed by atoms with E-state index in [4.69, 9.17) is 4.74 Å². The van der Waals surface area contributed by atoms with Crippen LogP contribution in [0.5, 0.6) is 5.75 Å². The molecule has 1 fully saturated rings. The number of methoxy groups -OCH3 is 1. The Bertz CT molecular complexity index is 782. The molecule has 0 spiro atoms. The third-order valence-corrected chi connectivity index (χ3v) is 6.05. The van der Waals surface area contributed by atoms with Gasteiger partial charge in [-0.05, 0) is 49.9 Å². The van der Waals surface area contributed by atoms with E-state index in [1.807, 2.05) is 31.2 Å². The van der Waals surface area contributed by atoms with Crippen LogP contribution in [0.25, 0.3) is 11.4 Å². The van der Waals surface area contributed by atoms with Gasteiger partial charge in [0.2, 0.25) is 5.91 Å². The summed E-state index contributed by atoms with van der Waals surface area (Å²) in [5.41, 5.74) is 0.990. The molecule has 1 N–H and O–H groups in total. The number of nitrogens with zero attached hydrogens (tertiary/aromatic N) is 3. The van der Waals surface area contributed by atoms with Crippen molar-refractivity contribution >= 4 is 17.7 Å². The van der Waals surface area contributed by atoms with Gasteiger partial charge in [0, 0.05) is 18.2 Å². The number of amides is 1. The minimum absolute atomic E-state index is 0.0852. The van der Waals surface area contributed by atoms with Crippen molar-refractivity contribution in [1.82, 2.24) is 20.1 Å². The van der Waals surface area contributed by atoms with Gasteiger partial charge in [-0.2, -0.15) is 0 Å². The topological polar surface area (TPSA) is 69.0 Å². The van der Waals surface area contributed by atoms with Gasteiger partial charge in [0.1, 0.15) is 5.75 Å². The van der Waals surface area contributed by atoms with E-state index in [1.165, 1.54) is 24.6 Å². The molecule has 3 rings (SSSR count). The molecule has 1 aliphatic carbocycles. The Morgan fingerprint density at radius 1 is 1.21 bits per heavy atom. The lowest BCUT2D eigenvalue weighted by atomic mass is 10.2. The molecule has 7 heteroatoms. The van der Waals surface area contributed by atoms with Crippen molar-refractivity contribution in [3.05, 3.63) is 24.3 Å². The summed E-state index contributed by atoms with van der Waals surface area (Å²) in [6.45, 7) is 7.08. The SMILES string of the molecule is COc1ccc(-c2nnc(S[C@H](C)C(=O)NC3CCCC3)n2CC(C)C)cc1. The van der Waals surface area contributed by atoms with E-state index in [0.29, 0.717) is 12.0 Å². The molecular weight excluding hydrogens is 372 g/mol. The van der Waals surface area contributed by atoms with Crippen LogP contribution in [0.1, 0.15) is 46.5 Å². The fourth-order valence-electron chi connectivity index (χ4n) is 3.46. The minimum Gasteiger partial charge on any atom is -0.497 e. The monoisotopic (exact) mass is 402 g/mol. The molecule has 6 nitrogen and oxygen atoms in total. The number of carbonyl (C=O) groups is 1. The van der Waals surface area contributed by atoms with Gasteiger partial charge in [-0.3, -0.25) is 4.79 Å². The molecule has 2 aromatic rings. The highest BCUT2D eigenvalue weighted by Crippen LogP contribution is 2.29. The second-order valence-electron chi connectivity index (χ2n) is 7.79. The first-order valence-electron chi connectivity index (χ1n) is 10.0. The van der Waals surface area contributed by atoms with Crippen LogP contribution in [0.3, 0.4) is 0 Å². The van der Waals surface area contributed by atoms with E-state index in [1.54, 1.807) is 7.11 Å². The van der Waals surface area contributed by atoms with Gasteiger partial charge in [0.05, 0.1) is 12.4 Å². The van der Waals surface area contributed by atoms with Crippen LogP contribution in [0.15, 0.2) is 29.4 Å². The number of aromatic nitrogens is 3. The average molecular weight is 403 g/mol. The van der Waals surface area contributed by atoms with Crippen LogP contribution in [-0.2, 0) is 11.3 Å². The molecule has 1 amide bonds. The first-order chi connectivity index (χ1) is 13.5. The van der Waals surface area contributed by atoms with Crippen molar-refractivity contribution in [2.45, 2.75) is 69.4 Å². The first kappa shape index (κ1) is 20.7. The zero-order valence-corrected chi connectivity index (χ0v) is 18.0. The summed E-state index contributed by atoms with van der Waals surface area (Å²) in [4.78, 5) is 12.6. The highest BCUT2D eigenvalue weighted by Gasteiger charge is 2.24. The summed E-state index contributed by atoms with van der Waals surface area (Å²) in [5.74, 6) is 2.16. The van der Waals surface area contributed by atoms with Crippen molar-refractivity contribution in [2.24, 2.45) is 5.92 Å². The zero-order valence-electron chi connectivity index (χ0n) is 17.1. The van der Waals surface area contributed by atoms with E-state index in [-0.39, 0.29) is 11.2 Å². The second kappa shape index (κ2) is 9.45. The number of hydrogen-bond donors (Lipinski definition) is 1. The summed E-state index contributed by atoms with van der Waals surface area (Å²) >= 11 is 1.48. The lowest BCUT2D eigenvalue weighted by Crippen LogP contribution is -2.37. The predicted octanol–water partition coefficient (Wildman–Crippen LogP) is 4.15. The van der Waals surface area contributed by atoms with Gasteiger partial charge < -0.3 is 14.6 Å². The van der Waals surface area contributed by atoms with Crippen molar-refractivity contribution in [2.75, 3.05) is 7.11 Å². The van der Waals surface area contributed by atoms with Crippen LogP contribution in [0.4, 0.5) is 0 Å². The van der Waals surface area contributed by atoms with E-state index in [0.717, 1.165) is 41.7 Å². The lowest BCUT2D eigenvalue weighted by molar-refractivity contribution is -0.120. The van der Waals surface area contributed by atoms with Crippen molar-refractivity contribution in [3.63, 3.8) is 0 Å². The number of rotatable bonds is 8. The quantitative estimate of drug-likeness (QED) is 0.672. The van der Waals surface area contributed by atoms with E-state index in [9.17, 15) is 4.79 Å². The van der Waals surface area contributed by atoms with Gasteiger partial charge in [-0.1, -0.05) is 38.5 Å². The Hall–Kier alpha value is -2.02. The summed E-state index contributed by atoms with van der Waals surface area (Å²) in [6, 6.07) is 8.16. The third kappa shape index (κ3) is 5.07. The largest absolute Gasteiger partial charge is 0.497 e. The predicted molar refractivity (Wildman–Crippen MR) is 113 cm³/mol. The molecule has 0 aliphatic heterocycles. The van der Waals surface area contributed by atoms with Gasteiger partial charge >= 0.3 is 0 Å². The number of carbonyl (C=O) groups excluding carboxylic acids is 1. The molecule has 1 aromatic carbocycles. The van der Waals surface area contributed by atoms with Crippen molar-refractivity contribution in [1.29, 1.82) is 0 Å². The fraction of sp³-hybridized carbons (Fsp3) is 0.571. The molecule has 1 atom stereocenters. The third-order valence-electron chi connectivity index (χ3n) is 4.97. The highest BCUT2D eigenvalue weighted by atomic mass is 32.2. The normalized spacial score (nSPS) is 15.8. The van der Waals surface area contributed by atoms with Gasteiger partial charge in [-0.15, -0.1) is 10.2 Å². The smallest absolute Gasteiger partial charge is 0.233 e. The van der Waals surface area contributed by atoms with Gasteiger partial charge in [0.15, 0.2) is 11.0 Å². The van der Waals surface area contributed by atoms with E-state index < -0.39 is 0 Å². The fourth-order valence-corrected chi connectivity index (χ4v) is 4.33. The number of ether oxygens (including phenoxy) is 1. The lowest BCUT2D eigenvalue weighted by Gasteiger charge is -2.17. The summed E-state index contributed by atoms with van der Waals surface area (Å²) in [6.07, 6.45) is 4.60. The molecule has 1 aromatic heterocycles. The Labute approximate surface area is 171 Å². The molecule has 0 saturated heterocycles.